The van der Waals surface area contributed by atoms with Crippen LogP contribution in [0.1, 0.15) is 12.2 Å². The van der Waals surface area contributed by atoms with Gasteiger partial charge in [0.05, 0.1) is 16.1 Å². The Morgan fingerprint density at radius 2 is 2.24 bits per heavy atom. The molecule has 108 valence electrons. The maximum Gasteiger partial charge on any atom is 0.303 e. The van der Waals surface area contributed by atoms with E-state index in [1.807, 2.05) is 11.4 Å². The van der Waals surface area contributed by atoms with Gasteiger partial charge in [-0.05, 0) is 12.1 Å². The van der Waals surface area contributed by atoms with Crippen molar-refractivity contribution >= 4 is 50.5 Å². The first-order valence-electron chi connectivity index (χ1n) is 6.02. The molecule has 3 aromatic heterocycles. The fourth-order valence-electron chi connectivity index (χ4n) is 1.98. The van der Waals surface area contributed by atoms with Crippen LogP contribution in [0, 0.1) is 0 Å². The average Bonchev–Trinajstić information content (AvgIpc) is 3.02. The molecule has 0 aliphatic rings. The van der Waals surface area contributed by atoms with E-state index in [-0.39, 0.29) is 18.4 Å². The lowest BCUT2D eigenvalue weighted by Crippen LogP contribution is -2.12. The number of H-pyrrole nitrogens is 1. The number of aromatic amines is 1. The predicted octanol–water partition coefficient (Wildman–Crippen LogP) is 3.38. The van der Waals surface area contributed by atoms with E-state index in [1.165, 1.54) is 22.7 Å². The third-order valence-electron chi connectivity index (χ3n) is 2.91. The van der Waals surface area contributed by atoms with Gasteiger partial charge in [0.15, 0.2) is 0 Å². The summed E-state index contributed by atoms with van der Waals surface area (Å²) in [7, 11) is 0. The molecule has 3 aromatic rings. The summed E-state index contributed by atoms with van der Waals surface area (Å²) in [5.74, 6) is -0.523. The van der Waals surface area contributed by atoms with Crippen molar-refractivity contribution in [1.82, 2.24) is 9.97 Å². The molecule has 0 aliphatic carbocycles. The molecular formula is C13H9ClN2O3S2. The van der Waals surface area contributed by atoms with Gasteiger partial charge >= 0.3 is 5.97 Å². The minimum atomic E-state index is -0.919. The number of carboxylic acid groups (broad SMARTS) is 1. The van der Waals surface area contributed by atoms with Crippen LogP contribution >= 0.6 is 34.3 Å². The van der Waals surface area contributed by atoms with Crippen LogP contribution in [0.25, 0.3) is 20.7 Å². The summed E-state index contributed by atoms with van der Waals surface area (Å²) in [5, 5.41) is 11.1. The summed E-state index contributed by atoms with van der Waals surface area (Å²) < 4.78 is 0.659. The second-order valence-corrected chi connectivity index (χ2v) is 6.91. The Morgan fingerprint density at radius 3 is 2.90 bits per heavy atom. The number of fused-ring (bicyclic) bond motifs is 1. The molecule has 0 fully saturated rings. The molecule has 0 amide bonds. The lowest BCUT2D eigenvalue weighted by molar-refractivity contribution is -0.137. The third-order valence-corrected chi connectivity index (χ3v) is 5.04. The van der Waals surface area contributed by atoms with Crippen molar-refractivity contribution in [3.05, 3.63) is 38.0 Å². The van der Waals surface area contributed by atoms with Crippen molar-refractivity contribution in [3.63, 3.8) is 0 Å². The number of thiophene rings is 2. The van der Waals surface area contributed by atoms with Gasteiger partial charge in [0, 0.05) is 22.2 Å². The van der Waals surface area contributed by atoms with E-state index in [0.29, 0.717) is 20.4 Å². The van der Waals surface area contributed by atoms with Gasteiger partial charge < -0.3 is 10.1 Å². The first kappa shape index (κ1) is 14.2. The minimum Gasteiger partial charge on any atom is -0.481 e. The topological polar surface area (TPSA) is 83.0 Å². The van der Waals surface area contributed by atoms with Crippen LogP contribution in [0.3, 0.4) is 0 Å². The summed E-state index contributed by atoms with van der Waals surface area (Å²) >= 11 is 8.70. The van der Waals surface area contributed by atoms with Crippen molar-refractivity contribution in [3.8, 4) is 10.4 Å². The number of rotatable bonds is 4. The van der Waals surface area contributed by atoms with E-state index in [9.17, 15) is 9.59 Å². The molecule has 0 spiro atoms. The van der Waals surface area contributed by atoms with Crippen LogP contribution in [0.15, 0.2) is 22.3 Å². The van der Waals surface area contributed by atoms with Crippen LogP contribution in [-0.4, -0.2) is 21.0 Å². The van der Waals surface area contributed by atoms with Crippen LogP contribution in [0.4, 0.5) is 0 Å². The molecule has 0 bridgehead atoms. The summed E-state index contributed by atoms with van der Waals surface area (Å²) in [4.78, 5) is 31.3. The van der Waals surface area contributed by atoms with E-state index in [2.05, 4.69) is 9.97 Å². The van der Waals surface area contributed by atoms with Gasteiger partial charge in [0.2, 0.25) is 0 Å². The molecule has 3 rings (SSSR count). The number of nitrogens with zero attached hydrogens (tertiary/aromatic N) is 1. The Bertz CT molecular complexity index is 881. The maximum atomic E-state index is 12.2. The molecule has 8 heteroatoms. The summed E-state index contributed by atoms with van der Waals surface area (Å²) in [6.07, 6.45) is 0.145. The molecule has 3 heterocycles. The smallest absolute Gasteiger partial charge is 0.303 e. The van der Waals surface area contributed by atoms with Crippen LogP contribution < -0.4 is 5.56 Å². The van der Waals surface area contributed by atoms with Crippen LogP contribution in [-0.2, 0) is 11.2 Å². The second-order valence-electron chi connectivity index (χ2n) is 4.34. The molecule has 0 radical (unpaired) electrons. The molecule has 2 N–H and O–H groups in total. The summed E-state index contributed by atoms with van der Waals surface area (Å²) in [5.41, 5.74) is 0.562. The number of hydrogen-bond donors (Lipinski definition) is 2. The first-order chi connectivity index (χ1) is 10.0. The van der Waals surface area contributed by atoms with Gasteiger partial charge in [-0.2, -0.15) is 0 Å². The van der Waals surface area contributed by atoms with Gasteiger partial charge in [-0.25, -0.2) is 4.98 Å². The van der Waals surface area contributed by atoms with E-state index < -0.39 is 5.97 Å². The first-order valence-corrected chi connectivity index (χ1v) is 8.10. The largest absolute Gasteiger partial charge is 0.481 e. The van der Waals surface area contributed by atoms with Crippen LogP contribution in [0.2, 0.25) is 4.34 Å². The summed E-state index contributed by atoms with van der Waals surface area (Å²) in [6.45, 7) is 0. The maximum absolute atomic E-state index is 12.2. The van der Waals surface area contributed by atoms with Crippen molar-refractivity contribution < 1.29 is 9.90 Å². The van der Waals surface area contributed by atoms with Crippen molar-refractivity contribution in [2.75, 3.05) is 0 Å². The standard InChI is InChI=1S/C13H9ClN2O3S2/c14-8-2-1-7(21-8)6-5-20-13-11(6)12(19)15-9(16-13)3-4-10(17)18/h1-2,5H,3-4H2,(H,17,18)(H,15,16,19). The van der Waals surface area contributed by atoms with E-state index >= 15 is 0 Å². The molecular weight excluding hydrogens is 332 g/mol. The van der Waals surface area contributed by atoms with Crippen molar-refractivity contribution in [2.45, 2.75) is 12.8 Å². The fourth-order valence-corrected chi connectivity index (χ4v) is 4.08. The van der Waals surface area contributed by atoms with Gasteiger partial charge in [-0.15, -0.1) is 22.7 Å². The normalized spacial score (nSPS) is 11.1. The predicted molar refractivity (Wildman–Crippen MR) is 84.5 cm³/mol. The Morgan fingerprint density at radius 1 is 1.43 bits per heavy atom. The molecule has 0 atom stereocenters. The Labute approximate surface area is 131 Å². The summed E-state index contributed by atoms with van der Waals surface area (Å²) in [6, 6.07) is 3.65. The molecule has 0 unspecified atom stereocenters. The highest BCUT2D eigenvalue weighted by Crippen LogP contribution is 2.36. The number of hydrogen-bond acceptors (Lipinski definition) is 5. The Hall–Kier alpha value is -1.70. The lowest BCUT2D eigenvalue weighted by Gasteiger charge is -1.99. The van der Waals surface area contributed by atoms with E-state index in [0.717, 1.165) is 10.4 Å². The molecule has 5 nitrogen and oxygen atoms in total. The van der Waals surface area contributed by atoms with Gasteiger partial charge in [-0.1, -0.05) is 11.6 Å². The molecule has 0 aromatic carbocycles. The molecule has 0 saturated carbocycles. The number of halogens is 1. The number of nitrogens with one attached hydrogen (secondary N) is 1. The van der Waals surface area contributed by atoms with E-state index in [1.54, 1.807) is 6.07 Å². The zero-order valence-corrected chi connectivity index (χ0v) is 12.9. The highest BCUT2D eigenvalue weighted by Gasteiger charge is 2.14. The van der Waals surface area contributed by atoms with Gasteiger partial charge in [0.1, 0.15) is 10.7 Å². The lowest BCUT2D eigenvalue weighted by atomic mass is 10.2. The zero-order valence-electron chi connectivity index (χ0n) is 10.6. The molecule has 21 heavy (non-hydrogen) atoms. The van der Waals surface area contributed by atoms with E-state index in [4.69, 9.17) is 16.7 Å². The van der Waals surface area contributed by atoms with Gasteiger partial charge in [-0.3, -0.25) is 9.59 Å². The van der Waals surface area contributed by atoms with Gasteiger partial charge in [0.25, 0.3) is 5.56 Å². The third kappa shape index (κ3) is 2.85. The molecule has 0 aliphatic heterocycles. The van der Waals surface area contributed by atoms with Crippen LogP contribution in [0.5, 0.6) is 0 Å². The number of aromatic nitrogens is 2. The average molecular weight is 341 g/mol. The zero-order chi connectivity index (χ0) is 15.0. The van der Waals surface area contributed by atoms with Crippen molar-refractivity contribution in [2.24, 2.45) is 0 Å². The quantitative estimate of drug-likeness (QED) is 0.762. The number of aliphatic carboxylic acids is 1. The Kier molecular flexibility index (Phi) is 3.79. The number of carbonyl (C=O) groups is 1. The number of aryl methyl sites for hydroxylation is 1. The monoisotopic (exact) mass is 340 g/mol. The second kappa shape index (κ2) is 5.59. The Balaban J connectivity index is 2.07. The SMILES string of the molecule is O=C(O)CCc1nc2scc(-c3ccc(Cl)s3)c2c(=O)[nH]1. The fraction of sp³-hybridized carbons (Fsp3) is 0.154. The highest BCUT2D eigenvalue weighted by molar-refractivity contribution is 7.21. The van der Waals surface area contributed by atoms with Crippen molar-refractivity contribution in [1.29, 1.82) is 0 Å². The highest BCUT2D eigenvalue weighted by atomic mass is 35.5. The number of carboxylic acids is 1. The molecule has 0 saturated heterocycles. The minimum absolute atomic E-state index is 0.0623.